The summed E-state index contributed by atoms with van der Waals surface area (Å²) in [5.74, 6) is -2.46. The average Bonchev–Trinajstić information content (AvgIpc) is 3.44. The maximum atomic E-state index is 13.9. The monoisotopic (exact) mass is 480 g/mol. The van der Waals surface area contributed by atoms with Crippen molar-refractivity contribution in [1.82, 2.24) is 24.6 Å². The Bertz CT molecular complexity index is 1100. The molecule has 3 aromatic rings. The maximum Gasteiger partial charge on any atom is 0.490 e. The van der Waals surface area contributed by atoms with Gasteiger partial charge in [-0.1, -0.05) is 12.1 Å². The van der Waals surface area contributed by atoms with Crippen molar-refractivity contribution in [3.05, 3.63) is 54.7 Å². The quantitative estimate of drug-likeness (QED) is 0.515. The van der Waals surface area contributed by atoms with E-state index in [0.29, 0.717) is 17.7 Å². The Kier molecular flexibility index (Phi) is 8.16. The zero-order valence-electron chi connectivity index (χ0n) is 18.3. The van der Waals surface area contributed by atoms with Gasteiger partial charge in [-0.3, -0.25) is 0 Å². The number of nitrogens with one attached hydrogen (secondary N) is 1. The lowest BCUT2D eigenvalue weighted by Gasteiger charge is -2.19. The van der Waals surface area contributed by atoms with E-state index in [1.54, 1.807) is 36.8 Å². The van der Waals surface area contributed by atoms with E-state index < -0.39 is 12.1 Å². The maximum absolute atomic E-state index is 13.9. The van der Waals surface area contributed by atoms with E-state index in [4.69, 9.17) is 9.90 Å². The fraction of sp³-hybridized carbons (Fsp3) is 0.364. The van der Waals surface area contributed by atoms with E-state index >= 15 is 0 Å². The van der Waals surface area contributed by atoms with Crippen LogP contribution in [0.1, 0.15) is 19.3 Å². The molecule has 34 heavy (non-hydrogen) atoms. The van der Waals surface area contributed by atoms with Gasteiger partial charge in [0.25, 0.3) is 0 Å². The summed E-state index contributed by atoms with van der Waals surface area (Å²) in [5, 5.41) is 14.7. The predicted octanol–water partition coefficient (Wildman–Crippen LogP) is 4.00. The summed E-state index contributed by atoms with van der Waals surface area (Å²) < 4.78 is 47.2. The first-order valence-corrected chi connectivity index (χ1v) is 10.5. The zero-order valence-corrected chi connectivity index (χ0v) is 18.3. The van der Waals surface area contributed by atoms with Gasteiger partial charge >= 0.3 is 12.1 Å². The van der Waals surface area contributed by atoms with Gasteiger partial charge in [-0.05, 0) is 51.1 Å². The number of aliphatic carboxylic acids is 1. The van der Waals surface area contributed by atoms with Crippen molar-refractivity contribution < 1.29 is 27.5 Å². The third-order valence-corrected chi connectivity index (χ3v) is 5.31. The van der Waals surface area contributed by atoms with E-state index in [9.17, 15) is 17.6 Å². The summed E-state index contributed by atoms with van der Waals surface area (Å²) in [6.07, 6.45) is 3.72. The molecule has 8 nitrogen and oxygen atoms in total. The number of carboxylic acids is 1. The third kappa shape index (κ3) is 6.73. The molecule has 0 saturated carbocycles. The van der Waals surface area contributed by atoms with Gasteiger partial charge in [0, 0.05) is 30.5 Å². The summed E-state index contributed by atoms with van der Waals surface area (Å²) in [6.45, 7) is 2.02. The number of anilines is 1. The van der Waals surface area contributed by atoms with Gasteiger partial charge in [0.2, 0.25) is 5.95 Å². The molecule has 12 heteroatoms. The van der Waals surface area contributed by atoms with E-state index in [2.05, 4.69) is 32.3 Å². The molecule has 0 bridgehead atoms. The third-order valence-electron chi connectivity index (χ3n) is 5.31. The number of likely N-dealkylation sites (tertiary alicyclic amines) is 1. The first-order chi connectivity index (χ1) is 16.1. The highest BCUT2D eigenvalue weighted by Crippen LogP contribution is 2.21. The van der Waals surface area contributed by atoms with Crippen molar-refractivity contribution in [3.63, 3.8) is 0 Å². The van der Waals surface area contributed by atoms with E-state index in [1.165, 1.54) is 30.1 Å². The van der Waals surface area contributed by atoms with Crippen LogP contribution in [0.5, 0.6) is 0 Å². The molecule has 2 aromatic heterocycles. The highest BCUT2D eigenvalue weighted by Gasteiger charge is 2.38. The van der Waals surface area contributed by atoms with Crippen molar-refractivity contribution in [2.45, 2.75) is 31.5 Å². The first kappa shape index (κ1) is 25.1. The molecule has 1 fully saturated rings. The minimum absolute atomic E-state index is 0.311. The van der Waals surface area contributed by atoms with E-state index in [0.717, 1.165) is 24.2 Å². The number of alkyl halides is 3. The minimum Gasteiger partial charge on any atom is -0.475 e. The van der Waals surface area contributed by atoms with Crippen LogP contribution in [-0.4, -0.2) is 68.1 Å². The van der Waals surface area contributed by atoms with Crippen molar-refractivity contribution in [1.29, 1.82) is 0 Å². The van der Waals surface area contributed by atoms with Gasteiger partial charge in [-0.2, -0.15) is 18.3 Å². The van der Waals surface area contributed by atoms with Crippen molar-refractivity contribution in [2.75, 3.05) is 25.5 Å². The number of hydrogen-bond donors (Lipinski definition) is 2. The number of para-hydroxylation sites is 1. The fourth-order valence-electron chi connectivity index (χ4n) is 3.52. The molecule has 1 aliphatic rings. The molecule has 1 aromatic carbocycles. The number of aromatic nitrogens is 4. The van der Waals surface area contributed by atoms with Gasteiger partial charge in [0.05, 0.1) is 11.9 Å². The minimum atomic E-state index is -5.08. The molecule has 0 aliphatic carbocycles. The van der Waals surface area contributed by atoms with Gasteiger partial charge in [0.15, 0.2) is 0 Å². The Balaban J connectivity index is 0.000000406. The van der Waals surface area contributed by atoms with E-state index in [1.807, 2.05) is 6.07 Å². The molecule has 0 radical (unpaired) electrons. The molecule has 0 spiro atoms. The van der Waals surface area contributed by atoms with Crippen molar-refractivity contribution >= 4 is 11.9 Å². The Morgan fingerprint density at radius 2 is 2.00 bits per heavy atom. The van der Waals surface area contributed by atoms with Crippen LogP contribution in [0.25, 0.3) is 16.9 Å². The number of benzene rings is 1. The molecule has 1 unspecified atom stereocenters. The molecule has 3 heterocycles. The van der Waals surface area contributed by atoms with Crippen LogP contribution in [0.4, 0.5) is 23.5 Å². The van der Waals surface area contributed by atoms with Gasteiger partial charge < -0.3 is 15.3 Å². The number of carbonyl (C=O) groups is 1. The van der Waals surface area contributed by atoms with Gasteiger partial charge in [-0.15, -0.1) is 0 Å². The largest absolute Gasteiger partial charge is 0.490 e. The van der Waals surface area contributed by atoms with Crippen LogP contribution in [0.3, 0.4) is 0 Å². The van der Waals surface area contributed by atoms with Crippen molar-refractivity contribution in [2.24, 2.45) is 0 Å². The highest BCUT2D eigenvalue weighted by molar-refractivity contribution is 5.73. The Hall–Kier alpha value is -3.54. The summed E-state index contributed by atoms with van der Waals surface area (Å²) in [4.78, 5) is 20.2. The Morgan fingerprint density at radius 3 is 2.65 bits per heavy atom. The molecule has 1 atom stereocenters. The van der Waals surface area contributed by atoms with Crippen LogP contribution >= 0.6 is 0 Å². The summed E-state index contributed by atoms with van der Waals surface area (Å²) >= 11 is 0. The number of halogens is 4. The number of carboxylic acid groups (broad SMARTS) is 1. The predicted molar refractivity (Wildman–Crippen MR) is 117 cm³/mol. The lowest BCUT2D eigenvalue weighted by atomic mass is 10.1. The molecule has 0 amide bonds. The molecule has 2 N–H and O–H groups in total. The van der Waals surface area contributed by atoms with Crippen LogP contribution < -0.4 is 5.32 Å². The molecule has 4 rings (SSSR count). The second-order valence-corrected chi connectivity index (χ2v) is 7.69. The van der Waals surface area contributed by atoms with Crippen LogP contribution in [0, 0.1) is 5.82 Å². The topological polar surface area (TPSA) is 96.2 Å². The number of hydrogen-bond acceptors (Lipinski definition) is 6. The number of nitrogens with zero attached hydrogens (tertiary/aromatic N) is 5. The van der Waals surface area contributed by atoms with E-state index in [-0.39, 0.29) is 5.82 Å². The second-order valence-electron chi connectivity index (χ2n) is 7.69. The zero-order chi connectivity index (χ0) is 24.7. The summed E-state index contributed by atoms with van der Waals surface area (Å²) in [6, 6.07) is 9.03. The molecule has 1 aliphatic heterocycles. The summed E-state index contributed by atoms with van der Waals surface area (Å²) in [7, 11) is 2.18. The average molecular weight is 480 g/mol. The summed E-state index contributed by atoms with van der Waals surface area (Å²) in [5.41, 5.74) is 1.99. The van der Waals surface area contributed by atoms with Crippen LogP contribution in [-0.2, 0) is 4.79 Å². The molecule has 182 valence electrons. The van der Waals surface area contributed by atoms with Crippen LogP contribution in [0.2, 0.25) is 0 Å². The highest BCUT2D eigenvalue weighted by atomic mass is 19.4. The standard InChI is InChI=1S/C20H23FN6.C2HF3O2/c1-26-12-4-5-16(26)8-10-22-20-23-11-9-18(25-20)15-13-24-27(14-15)19-7-3-2-6-17(19)21;3-2(4,5)1(6)7/h2-3,6-7,9,11,13-14,16H,4-5,8,10,12H2,1H3,(H,22,23,25);(H,6,7). The molecule has 1 saturated heterocycles. The Labute approximate surface area is 193 Å². The number of rotatable bonds is 6. The fourth-order valence-corrected chi connectivity index (χ4v) is 3.52. The van der Waals surface area contributed by atoms with Crippen LogP contribution in [0.15, 0.2) is 48.9 Å². The molecular weight excluding hydrogens is 456 g/mol. The lowest BCUT2D eigenvalue weighted by Crippen LogP contribution is -2.27. The van der Waals surface area contributed by atoms with Gasteiger partial charge in [0.1, 0.15) is 11.5 Å². The first-order valence-electron chi connectivity index (χ1n) is 10.5. The van der Waals surface area contributed by atoms with Gasteiger partial charge in [-0.25, -0.2) is 23.8 Å². The Morgan fingerprint density at radius 1 is 1.26 bits per heavy atom. The second kappa shape index (κ2) is 11.1. The smallest absolute Gasteiger partial charge is 0.475 e. The van der Waals surface area contributed by atoms with Crippen molar-refractivity contribution in [3.8, 4) is 16.9 Å². The molecular formula is C22H24F4N6O2. The lowest BCUT2D eigenvalue weighted by molar-refractivity contribution is -0.192. The normalized spacial score (nSPS) is 16.1. The SMILES string of the molecule is CN1CCCC1CCNc1nccc(-c2cnn(-c3ccccc3F)c2)n1.O=C(O)C(F)(F)F.